The lowest BCUT2D eigenvalue weighted by molar-refractivity contribution is 0.216. The van der Waals surface area contributed by atoms with Crippen LogP contribution in [0.15, 0.2) is 82.2 Å². The Kier molecular flexibility index (Phi) is 6.31. The van der Waals surface area contributed by atoms with Crippen LogP contribution in [0.5, 0.6) is 0 Å². The molecule has 5 rings (SSSR count). The lowest BCUT2D eigenvalue weighted by atomic mass is 10.1. The molecular formula is C26H26N6O2. The third kappa shape index (κ3) is 4.97. The van der Waals surface area contributed by atoms with Crippen LogP contribution in [0.2, 0.25) is 0 Å². The SMILES string of the molecule is Cc1cccc2cc(CN(Cc3ccco3)Cc3nnnn3CCc3ccccc3)c(=O)[nH]c12. The number of fused-ring (bicyclic) bond motifs is 1. The number of benzene rings is 2. The molecule has 0 saturated heterocycles. The molecule has 3 aromatic heterocycles. The first-order valence-corrected chi connectivity index (χ1v) is 11.3. The number of H-pyrrole nitrogens is 1. The van der Waals surface area contributed by atoms with Gasteiger partial charge in [-0.2, -0.15) is 0 Å². The van der Waals surface area contributed by atoms with Crippen molar-refractivity contribution in [3.63, 3.8) is 0 Å². The van der Waals surface area contributed by atoms with Gasteiger partial charge in [-0.25, -0.2) is 4.68 Å². The highest BCUT2D eigenvalue weighted by Crippen LogP contribution is 2.18. The fourth-order valence-corrected chi connectivity index (χ4v) is 4.17. The highest BCUT2D eigenvalue weighted by atomic mass is 16.3. The number of aromatic amines is 1. The smallest absolute Gasteiger partial charge is 0.252 e. The second-order valence-corrected chi connectivity index (χ2v) is 8.44. The first-order valence-electron chi connectivity index (χ1n) is 11.3. The summed E-state index contributed by atoms with van der Waals surface area (Å²) in [6, 6.07) is 22.0. The predicted octanol–water partition coefficient (Wildman–Crippen LogP) is 3.86. The fourth-order valence-electron chi connectivity index (χ4n) is 4.17. The summed E-state index contributed by atoms with van der Waals surface area (Å²) in [5.74, 6) is 1.56. The number of furan rings is 1. The van der Waals surface area contributed by atoms with Crippen molar-refractivity contribution in [1.82, 2.24) is 30.1 Å². The largest absolute Gasteiger partial charge is 0.468 e. The first-order chi connectivity index (χ1) is 16.7. The van der Waals surface area contributed by atoms with Crippen LogP contribution in [0, 0.1) is 6.92 Å². The Morgan fingerprint density at radius 2 is 1.88 bits per heavy atom. The molecular weight excluding hydrogens is 428 g/mol. The Morgan fingerprint density at radius 3 is 2.71 bits per heavy atom. The van der Waals surface area contributed by atoms with E-state index in [1.54, 1.807) is 6.26 Å². The van der Waals surface area contributed by atoms with E-state index >= 15 is 0 Å². The van der Waals surface area contributed by atoms with E-state index in [2.05, 4.69) is 37.5 Å². The molecule has 8 heteroatoms. The molecule has 3 heterocycles. The molecule has 0 unspecified atom stereocenters. The second kappa shape index (κ2) is 9.84. The Bertz CT molecular complexity index is 1420. The maximum absolute atomic E-state index is 12.9. The number of para-hydroxylation sites is 1. The van der Waals surface area contributed by atoms with Gasteiger partial charge < -0.3 is 9.40 Å². The Hall–Kier alpha value is -4.04. The zero-order chi connectivity index (χ0) is 23.3. The zero-order valence-electron chi connectivity index (χ0n) is 19.0. The van der Waals surface area contributed by atoms with Crippen LogP contribution in [0.25, 0.3) is 10.9 Å². The van der Waals surface area contributed by atoms with Gasteiger partial charge in [-0.15, -0.1) is 5.10 Å². The standard InChI is InChI=1S/C26H26N6O2/c1-19-7-5-10-21-15-22(26(33)27-25(19)21)16-31(17-23-11-6-14-34-23)18-24-28-29-30-32(24)13-12-20-8-3-2-4-9-20/h2-11,14-15H,12-13,16-18H2,1H3,(H,27,33). The van der Waals surface area contributed by atoms with E-state index in [9.17, 15) is 4.79 Å². The quantitative estimate of drug-likeness (QED) is 0.364. The molecule has 0 saturated carbocycles. The van der Waals surface area contributed by atoms with E-state index < -0.39 is 0 Å². The normalized spacial score (nSPS) is 11.5. The number of nitrogens with zero attached hydrogens (tertiary/aromatic N) is 5. The molecule has 0 atom stereocenters. The molecule has 8 nitrogen and oxygen atoms in total. The summed E-state index contributed by atoms with van der Waals surface area (Å²) in [6.45, 7) is 4.12. The molecule has 172 valence electrons. The number of aromatic nitrogens is 5. The van der Waals surface area contributed by atoms with Crippen LogP contribution in [0.1, 0.15) is 28.3 Å². The summed E-state index contributed by atoms with van der Waals surface area (Å²) in [4.78, 5) is 18.1. The van der Waals surface area contributed by atoms with Crippen molar-refractivity contribution in [3.05, 3.63) is 112 Å². The summed E-state index contributed by atoms with van der Waals surface area (Å²) < 4.78 is 7.42. The van der Waals surface area contributed by atoms with Crippen LogP contribution in [0.3, 0.4) is 0 Å². The summed E-state index contributed by atoms with van der Waals surface area (Å²) >= 11 is 0. The molecule has 0 fully saturated rings. The van der Waals surface area contributed by atoms with Crippen LogP contribution < -0.4 is 5.56 Å². The molecule has 5 aromatic rings. The van der Waals surface area contributed by atoms with Gasteiger partial charge in [0.1, 0.15) is 5.76 Å². The number of rotatable bonds is 9. The van der Waals surface area contributed by atoms with Crippen molar-refractivity contribution < 1.29 is 4.42 Å². The van der Waals surface area contributed by atoms with Crippen LogP contribution >= 0.6 is 0 Å². The van der Waals surface area contributed by atoms with Gasteiger partial charge >= 0.3 is 0 Å². The monoisotopic (exact) mass is 454 g/mol. The van der Waals surface area contributed by atoms with Crippen molar-refractivity contribution >= 4 is 10.9 Å². The third-order valence-corrected chi connectivity index (χ3v) is 5.94. The lowest BCUT2D eigenvalue weighted by Crippen LogP contribution is -2.28. The van der Waals surface area contributed by atoms with Crippen molar-refractivity contribution in [2.75, 3.05) is 0 Å². The summed E-state index contributed by atoms with van der Waals surface area (Å²) in [7, 11) is 0. The third-order valence-electron chi connectivity index (χ3n) is 5.94. The number of hydrogen-bond donors (Lipinski definition) is 1. The van der Waals surface area contributed by atoms with E-state index in [-0.39, 0.29) is 5.56 Å². The van der Waals surface area contributed by atoms with Gasteiger partial charge in [-0.3, -0.25) is 9.69 Å². The molecule has 0 radical (unpaired) electrons. The average molecular weight is 455 g/mol. The fraction of sp³-hybridized carbons (Fsp3) is 0.231. The Labute approximate surface area is 196 Å². The lowest BCUT2D eigenvalue weighted by Gasteiger charge is -2.21. The maximum Gasteiger partial charge on any atom is 0.252 e. The minimum Gasteiger partial charge on any atom is -0.468 e. The van der Waals surface area contributed by atoms with Gasteiger partial charge in [-0.1, -0.05) is 48.5 Å². The van der Waals surface area contributed by atoms with Crippen LogP contribution in [0.4, 0.5) is 0 Å². The van der Waals surface area contributed by atoms with Gasteiger partial charge in [0.2, 0.25) is 0 Å². The summed E-state index contributed by atoms with van der Waals surface area (Å²) in [5.41, 5.74) is 3.75. The van der Waals surface area contributed by atoms with E-state index in [0.717, 1.165) is 34.5 Å². The van der Waals surface area contributed by atoms with Gasteiger partial charge in [0.05, 0.1) is 24.9 Å². The maximum atomic E-state index is 12.9. The number of hydrogen-bond acceptors (Lipinski definition) is 6. The first kappa shape index (κ1) is 21.8. The molecule has 0 spiro atoms. The second-order valence-electron chi connectivity index (χ2n) is 8.44. The van der Waals surface area contributed by atoms with Crippen LogP contribution in [-0.2, 0) is 32.6 Å². The van der Waals surface area contributed by atoms with Crippen molar-refractivity contribution in [2.24, 2.45) is 0 Å². The number of pyridine rings is 1. The molecule has 0 bridgehead atoms. The number of tetrazole rings is 1. The topological polar surface area (TPSA) is 92.8 Å². The van der Waals surface area contributed by atoms with Crippen LogP contribution in [-0.4, -0.2) is 30.1 Å². The number of aryl methyl sites for hydroxylation is 3. The molecule has 0 aliphatic rings. The van der Waals surface area contributed by atoms with E-state index in [4.69, 9.17) is 4.42 Å². The van der Waals surface area contributed by atoms with Gasteiger partial charge in [0.15, 0.2) is 5.82 Å². The summed E-state index contributed by atoms with van der Waals surface area (Å²) in [5, 5.41) is 13.4. The molecule has 2 aromatic carbocycles. The molecule has 0 amide bonds. The minimum absolute atomic E-state index is 0.0880. The molecule has 1 N–H and O–H groups in total. The van der Waals surface area contributed by atoms with Crippen molar-refractivity contribution in [2.45, 2.75) is 39.5 Å². The molecule has 34 heavy (non-hydrogen) atoms. The van der Waals surface area contributed by atoms with Gasteiger partial charge in [-0.05, 0) is 58.5 Å². The van der Waals surface area contributed by atoms with E-state index in [1.165, 1.54) is 5.56 Å². The zero-order valence-corrected chi connectivity index (χ0v) is 19.0. The van der Waals surface area contributed by atoms with Crippen molar-refractivity contribution in [1.29, 1.82) is 0 Å². The predicted molar refractivity (Wildman–Crippen MR) is 129 cm³/mol. The summed E-state index contributed by atoms with van der Waals surface area (Å²) in [6.07, 6.45) is 2.49. The van der Waals surface area contributed by atoms with Crippen molar-refractivity contribution in [3.8, 4) is 0 Å². The number of nitrogens with one attached hydrogen (secondary N) is 1. The molecule has 0 aliphatic heterocycles. The van der Waals surface area contributed by atoms with E-state index in [0.29, 0.717) is 31.7 Å². The minimum atomic E-state index is -0.0880. The Balaban J connectivity index is 1.38. The molecule has 0 aliphatic carbocycles. The van der Waals surface area contributed by atoms with Gasteiger partial charge in [0, 0.05) is 18.7 Å². The Morgan fingerprint density at radius 1 is 1.00 bits per heavy atom. The van der Waals surface area contributed by atoms with E-state index in [1.807, 2.05) is 66.2 Å². The van der Waals surface area contributed by atoms with Gasteiger partial charge in [0.25, 0.3) is 5.56 Å². The highest BCUT2D eigenvalue weighted by molar-refractivity contribution is 5.81. The highest BCUT2D eigenvalue weighted by Gasteiger charge is 2.17. The average Bonchev–Trinajstić information content (AvgIpc) is 3.52.